The molecule has 0 amide bonds. The van der Waals surface area contributed by atoms with Crippen molar-refractivity contribution < 1.29 is 19.1 Å². The van der Waals surface area contributed by atoms with E-state index in [9.17, 15) is 9.59 Å². The summed E-state index contributed by atoms with van der Waals surface area (Å²) >= 11 is 0. The van der Waals surface area contributed by atoms with E-state index in [0.29, 0.717) is 22.5 Å². The molecule has 0 unspecified atom stereocenters. The lowest BCUT2D eigenvalue weighted by Crippen LogP contribution is -2.07. The van der Waals surface area contributed by atoms with Gasteiger partial charge in [-0.15, -0.1) is 0 Å². The number of aromatic amines is 1. The number of methoxy groups -OCH3 is 1. The quantitative estimate of drug-likeness (QED) is 0.680. The number of hydrogen-bond acceptors (Lipinski definition) is 4. The number of ether oxygens (including phenoxy) is 2. The molecule has 116 valence electrons. The molecule has 2 aromatic rings. The number of ketones is 1. The van der Waals surface area contributed by atoms with Gasteiger partial charge in [-0.05, 0) is 44.0 Å². The van der Waals surface area contributed by atoms with E-state index in [-0.39, 0.29) is 12.4 Å². The maximum absolute atomic E-state index is 12.2. The third-order valence-corrected chi connectivity index (χ3v) is 3.52. The van der Waals surface area contributed by atoms with Crippen LogP contribution in [-0.2, 0) is 11.3 Å². The molecule has 22 heavy (non-hydrogen) atoms. The van der Waals surface area contributed by atoms with Gasteiger partial charge in [-0.3, -0.25) is 4.79 Å². The highest BCUT2D eigenvalue weighted by Crippen LogP contribution is 2.20. The van der Waals surface area contributed by atoms with E-state index in [1.165, 1.54) is 6.92 Å². The van der Waals surface area contributed by atoms with Crippen molar-refractivity contribution in [2.24, 2.45) is 0 Å². The highest BCUT2D eigenvalue weighted by Gasteiger charge is 2.20. The summed E-state index contributed by atoms with van der Waals surface area (Å²) in [4.78, 5) is 26.7. The number of esters is 1. The Labute approximate surface area is 129 Å². The van der Waals surface area contributed by atoms with Crippen LogP contribution < -0.4 is 4.74 Å². The molecular formula is C17H19NO4. The van der Waals surface area contributed by atoms with Crippen LogP contribution in [0.4, 0.5) is 0 Å². The summed E-state index contributed by atoms with van der Waals surface area (Å²) in [5.41, 5.74) is 3.06. The van der Waals surface area contributed by atoms with Crippen LogP contribution in [0.15, 0.2) is 24.3 Å². The van der Waals surface area contributed by atoms with Gasteiger partial charge >= 0.3 is 5.97 Å². The van der Waals surface area contributed by atoms with Crippen LogP contribution in [0, 0.1) is 13.8 Å². The number of carbonyl (C=O) groups excluding carboxylic acids is 2. The van der Waals surface area contributed by atoms with Gasteiger partial charge in [-0.2, -0.15) is 0 Å². The molecule has 0 aliphatic carbocycles. The Balaban J connectivity index is 2.09. The van der Waals surface area contributed by atoms with E-state index in [2.05, 4.69) is 4.98 Å². The lowest BCUT2D eigenvalue weighted by molar-refractivity contribution is 0.0465. The standard InChI is InChI=1S/C17H19NO4/c1-10-15(12(3)19)11(2)18-16(10)17(20)22-9-13-5-7-14(21-4)8-6-13/h5-8,18H,9H2,1-4H3. The van der Waals surface area contributed by atoms with Crippen molar-refractivity contribution in [1.29, 1.82) is 0 Å². The molecule has 0 aliphatic rings. The SMILES string of the molecule is COc1ccc(COC(=O)c2[nH]c(C)c(C(C)=O)c2C)cc1. The van der Waals surface area contributed by atoms with Gasteiger partial charge in [0.25, 0.3) is 0 Å². The minimum atomic E-state index is -0.469. The number of H-pyrrole nitrogens is 1. The number of Topliss-reactive ketones (excluding diaryl/α,β-unsaturated/α-hetero) is 1. The van der Waals surface area contributed by atoms with Crippen molar-refractivity contribution in [2.45, 2.75) is 27.4 Å². The van der Waals surface area contributed by atoms with Gasteiger partial charge in [0.15, 0.2) is 5.78 Å². The van der Waals surface area contributed by atoms with Gasteiger partial charge in [0.05, 0.1) is 7.11 Å². The van der Waals surface area contributed by atoms with Crippen LogP contribution in [-0.4, -0.2) is 23.8 Å². The highest BCUT2D eigenvalue weighted by molar-refractivity contribution is 6.01. The molecule has 5 nitrogen and oxygen atoms in total. The van der Waals surface area contributed by atoms with E-state index >= 15 is 0 Å². The number of carbonyl (C=O) groups is 2. The molecule has 0 saturated carbocycles. The van der Waals surface area contributed by atoms with Crippen molar-refractivity contribution in [3.8, 4) is 5.75 Å². The van der Waals surface area contributed by atoms with Gasteiger partial charge in [0.1, 0.15) is 18.1 Å². The lowest BCUT2D eigenvalue weighted by atomic mass is 10.1. The largest absolute Gasteiger partial charge is 0.497 e. The second-order valence-electron chi connectivity index (χ2n) is 5.11. The van der Waals surface area contributed by atoms with Crippen LogP contribution >= 0.6 is 0 Å². The molecule has 2 rings (SSSR count). The molecule has 0 radical (unpaired) electrons. The van der Waals surface area contributed by atoms with Gasteiger partial charge < -0.3 is 14.5 Å². The van der Waals surface area contributed by atoms with Crippen molar-refractivity contribution in [2.75, 3.05) is 7.11 Å². The van der Waals surface area contributed by atoms with Crippen molar-refractivity contribution in [3.05, 3.63) is 52.3 Å². The molecule has 5 heteroatoms. The highest BCUT2D eigenvalue weighted by atomic mass is 16.5. The minimum absolute atomic E-state index is 0.0690. The van der Waals surface area contributed by atoms with Gasteiger partial charge in [-0.1, -0.05) is 12.1 Å². The van der Waals surface area contributed by atoms with Crippen LogP contribution in [0.2, 0.25) is 0 Å². The Kier molecular flexibility index (Phi) is 4.65. The van der Waals surface area contributed by atoms with Gasteiger partial charge in [-0.25, -0.2) is 4.79 Å². The molecule has 0 aliphatic heterocycles. The van der Waals surface area contributed by atoms with Crippen LogP contribution in [0.5, 0.6) is 5.75 Å². The topological polar surface area (TPSA) is 68.4 Å². The molecule has 1 aromatic carbocycles. The Morgan fingerprint density at radius 1 is 1.14 bits per heavy atom. The zero-order valence-electron chi connectivity index (χ0n) is 13.1. The number of aryl methyl sites for hydroxylation is 1. The fourth-order valence-electron chi connectivity index (χ4n) is 2.43. The predicted molar refractivity (Wildman–Crippen MR) is 82.4 cm³/mol. The summed E-state index contributed by atoms with van der Waals surface area (Å²) in [5, 5.41) is 0. The van der Waals surface area contributed by atoms with Crippen molar-refractivity contribution >= 4 is 11.8 Å². The third-order valence-electron chi connectivity index (χ3n) is 3.52. The summed E-state index contributed by atoms with van der Waals surface area (Å²) < 4.78 is 10.4. The predicted octanol–water partition coefficient (Wildman–Crippen LogP) is 3.20. The molecule has 0 fully saturated rings. The molecule has 0 atom stereocenters. The van der Waals surface area contributed by atoms with E-state index < -0.39 is 5.97 Å². The first kappa shape index (κ1) is 15.8. The Morgan fingerprint density at radius 2 is 1.77 bits per heavy atom. The zero-order valence-corrected chi connectivity index (χ0v) is 13.1. The number of benzene rings is 1. The Morgan fingerprint density at radius 3 is 2.27 bits per heavy atom. The summed E-state index contributed by atoms with van der Waals surface area (Å²) in [6, 6.07) is 7.28. The summed E-state index contributed by atoms with van der Waals surface area (Å²) in [5.74, 6) is 0.210. The molecule has 1 aromatic heterocycles. The number of aromatic nitrogens is 1. The van der Waals surface area contributed by atoms with Gasteiger partial charge in [0.2, 0.25) is 0 Å². The lowest BCUT2D eigenvalue weighted by Gasteiger charge is -2.06. The minimum Gasteiger partial charge on any atom is -0.497 e. The number of nitrogens with one attached hydrogen (secondary N) is 1. The molecule has 1 N–H and O–H groups in total. The van der Waals surface area contributed by atoms with E-state index in [1.54, 1.807) is 33.1 Å². The van der Waals surface area contributed by atoms with Crippen molar-refractivity contribution in [3.63, 3.8) is 0 Å². The van der Waals surface area contributed by atoms with Crippen LogP contribution in [0.3, 0.4) is 0 Å². The first-order chi connectivity index (χ1) is 10.4. The summed E-state index contributed by atoms with van der Waals surface area (Å²) in [7, 11) is 1.60. The first-order valence-electron chi connectivity index (χ1n) is 6.94. The first-order valence-corrected chi connectivity index (χ1v) is 6.94. The fraction of sp³-hybridized carbons (Fsp3) is 0.294. The number of rotatable bonds is 5. The summed E-state index contributed by atoms with van der Waals surface area (Å²) in [6.45, 7) is 5.15. The zero-order chi connectivity index (χ0) is 16.3. The molecular weight excluding hydrogens is 282 g/mol. The average molecular weight is 301 g/mol. The second kappa shape index (κ2) is 6.47. The Hall–Kier alpha value is -2.56. The van der Waals surface area contributed by atoms with Gasteiger partial charge in [0, 0.05) is 11.3 Å². The van der Waals surface area contributed by atoms with E-state index in [4.69, 9.17) is 9.47 Å². The molecule has 0 bridgehead atoms. The second-order valence-corrected chi connectivity index (χ2v) is 5.11. The molecule has 1 heterocycles. The maximum atomic E-state index is 12.2. The molecule has 0 spiro atoms. The smallest absolute Gasteiger partial charge is 0.355 e. The molecule has 0 saturated heterocycles. The number of hydrogen-bond donors (Lipinski definition) is 1. The fourth-order valence-corrected chi connectivity index (χ4v) is 2.43. The van der Waals surface area contributed by atoms with E-state index in [0.717, 1.165) is 11.3 Å². The van der Waals surface area contributed by atoms with Crippen LogP contribution in [0.1, 0.15) is 44.6 Å². The van der Waals surface area contributed by atoms with E-state index in [1.807, 2.05) is 12.1 Å². The normalized spacial score (nSPS) is 10.4. The maximum Gasteiger partial charge on any atom is 0.355 e. The Bertz CT molecular complexity index is 698. The summed E-state index contributed by atoms with van der Waals surface area (Å²) in [6.07, 6.45) is 0. The van der Waals surface area contributed by atoms with Crippen LogP contribution in [0.25, 0.3) is 0 Å². The third kappa shape index (κ3) is 3.19. The average Bonchev–Trinajstić information content (AvgIpc) is 2.80. The monoisotopic (exact) mass is 301 g/mol. The van der Waals surface area contributed by atoms with Crippen molar-refractivity contribution in [1.82, 2.24) is 4.98 Å².